The standard InChI is InChI=1S/C14H19N3/c1-7-2-5-10(15)14(16-7)17-13-11-8-3-4-9(6-8)12(11)13/h2,5,8-9,11-13H,3-4,6,15H2,1H3,(H,16,17). The summed E-state index contributed by atoms with van der Waals surface area (Å²) in [5, 5.41) is 3.59. The molecule has 4 rings (SSSR count). The van der Waals surface area contributed by atoms with Crippen LogP contribution in [0.25, 0.3) is 0 Å². The maximum absolute atomic E-state index is 5.98. The van der Waals surface area contributed by atoms with Gasteiger partial charge in [-0.25, -0.2) is 4.98 Å². The molecule has 0 radical (unpaired) electrons. The fourth-order valence-corrected chi connectivity index (χ4v) is 4.36. The van der Waals surface area contributed by atoms with Gasteiger partial charge in [-0.05, 0) is 62.0 Å². The Morgan fingerprint density at radius 3 is 2.65 bits per heavy atom. The molecule has 4 unspecified atom stereocenters. The van der Waals surface area contributed by atoms with Crippen molar-refractivity contribution in [2.24, 2.45) is 23.7 Å². The summed E-state index contributed by atoms with van der Waals surface area (Å²) in [6.45, 7) is 2.02. The van der Waals surface area contributed by atoms with Crippen molar-refractivity contribution in [3.63, 3.8) is 0 Å². The molecule has 2 bridgehead atoms. The van der Waals surface area contributed by atoms with Crippen LogP contribution in [0.5, 0.6) is 0 Å². The molecule has 3 N–H and O–H groups in total. The van der Waals surface area contributed by atoms with E-state index in [0.717, 1.165) is 40.9 Å². The minimum atomic E-state index is 0.665. The van der Waals surface area contributed by atoms with E-state index in [-0.39, 0.29) is 0 Å². The van der Waals surface area contributed by atoms with Crippen molar-refractivity contribution in [2.75, 3.05) is 11.1 Å². The second kappa shape index (κ2) is 3.15. The summed E-state index contributed by atoms with van der Waals surface area (Å²) in [6, 6.07) is 4.59. The molecule has 1 aromatic rings. The van der Waals surface area contributed by atoms with Crippen LogP contribution in [0.15, 0.2) is 12.1 Å². The third-order valence-corrected chi connectivity index (χ3v) is 5.10. The molecular weight excluding hydrogens is 210 g/mol. The zero-order valence-corrected chi connectivity index (χ0v) is 10.2. The molecule has 3 aliphatic carbocycles. The Labute approximate surface area is 102 Å². The van der Waals surface area contributed by atoms with Crippen LogP contribution in [0, 0.1) is 30.6 Å². The number of nitrogen functional groups attached to an aromatic ring is 1. The van der Waals surface area contributed by atoms with Crippen molar-refractivity contribution in [1.29, 1.82) is 0 Å². The van der Waals surface area contributed by atoms with E-state index in [2.05, 4.69) is 10.3 Å². The van der Waals surface area contributed by atoms with Gasteiger partial charge in [0.1, 0.15) is 5.82 Å². The van der Waals surface area contributed by atoms with Crippen LogP contribution >= 0.6 is 0 Å². The highest BCUT2D eigenvalue weighted by molar-refractivity contribution is 5.62. The Bertz CT molecular complexity index is 455. The van der Waals surface area contributed by atoms with Crippen LogP contribution in [0.4, 0.5) is 11.5 Å². The van der Waals surface area contributed by atoms with E-state index in [1.54, 1.807) is 0 Å². The molecular formula is C14H19N3. The third-order valence-electron chi connectivity index (χ3n) is 5.10. The fourth-order valence-electron chi connectivity index (χ4n) is 4.36. The first-order chi connectivity index (χ1) is 8.24. The zero-order chi connectivity index (χ0) is 11.6. The first-order valence-corrected chi connectivity index (χ1v) is 6.73. The molecule has 3 saturated carbocycles. The van der Waals surface area contributed by atoms with Gasteiger partial charge in [0.05, 0.1) is 5.69 Å². The molecule has 3 aliphatic rings. The van der Waals surface area contributed by atoms with Gasteiger partial charge in [-0.3, -0.25) is 0 Å². The third kappa shape index (κ3) is 1.31. The SMILES string of the molecule is Cc1ccc(N)c(NC2C3C4CCC(C4)C23)n1. The number of aromatic nitrogens is 1. The molecule has 90 valence electrons. The van der Waals surface area contributed by atoms with E-state index in [4.69, 9.17) is 5.73 Å². The molecule has 17 heavy (non-hydrogen) atoms. The van der Waals surface area contributed by atoms with Crippen LogP contribution in [0.2, 0.25) is 0 Å². The van der Waals surface area contributed by atoms with Gasteiger partial charge in [-0.2, -0.15) is 0 Å². The number of anilines is 2. The molecule has 0 amide bonds. The minimum Gasteiger partial charge on any atom is -0.396 e. The molecule has 4 atom stereocenters. The molecule has 0 aliphatic heterocycles. The monoisotopic (exact) mass is 229 g/mol. The van der Waals surface area contributed by atoms with E-state index in [1.165, 1.54) is 19.3 Å². The van der Waals surface area contributed by atoms with Crippen LogP contribution in [-0.2, 0) is 0 Å². The maximum Gasteiger partial charge on any atom is 0.149 e. The normalized spacial score (nSPS) is 41.4. The lowest BCUT2D eigenvalue weighted by molar-refractivity contribution is 0.456. The van der Waals surface area contributed by atoms with Crippen LogP contribution in [-0.4, -0.2) is 11.0 Å². The predicted octanol–water partition coefficient (Wildman–Crippen LogP) is 2.43. The summed E-state index contributed by atoms with van der Waals surface area (Å²) in [6.07, 6.45) is 4.41. The first-order valence-electron chi connectivity index (χ1n) is 6.73. The van der Waals surface area contributed by atoms with Gasteiger partial charge in [0, 0.05) is 11.7 Å². The number of pyridine rings is 1. The van der Waals surface area contributed by atoms with Crippen LogP contribution in [0.1, 0.15) is 25.0 Å². The predicted molar refractivity (Wildman–Crippen MR) is 68.6 cm³/mol. The molecule has 1 aromatic heterocycles. The maximum atomic E-state index is 5.98. The van der Waals surface area contributed by atoms with Gasteiger partial charge in [0.15, 0.2) is 0 Å². The average molecular weight is 229 g/mol. The smallest absolute Gasteiger partial charge is 0.149 e. The van der Waals surface area contributed by atoms with Gasteiger partial charge >= 0.3 is 0 Å². The van der Waals surface area contributed by atoms with Gasteiger partial charge in [0.2, 0.25) is 0 Å². The van der Waals surface area contributed by atoms with Crippen molar-refractivity contribution < 1.29 is 0 Å². The Balaban J connectivity index is 1.54. The largest absolute Gasteiger partial charge is 0.396 e. The Kier molecular flexibility index (Phi) is 1.81. The van der Waals surface area contributed by atoms with E-state index in [0.29, 0.717) is 6.04 Å². The van der Waals surface area contributed by atoms with Gasteiger partial charge < -0.3 is 11.1 Å². The highest BCUT2D eigenvalue weighted by atomic mass is 15.1. The molecule has 0 spiro atoms. The number of rotatable bonds is 2. The number of hydrogen-bond donors (Lipinski definition) is 2. The molecule has 3 nitrogen and oxygen atoms in total. The van der Waals surface area contributed by atoms with Crippen LogP contribution in [0.3, 0.4) is 0 Å². The average Bonchev–Trinajstić information content (AvgIpc) is 2.72. The molecule has 3 heteroatoms. The van der Waals surface area contributed by atoms with E-state index in [9.17, 15) is 0 Å². The highest BCUT2D eigenvalue weighted by Gasteiger charge is 2.65. The van der Waals surface area contributed by atoms with Crippen molar-refractivity contribution >= 4 is 11.5 Å². The number of nitrogens with zero attached hydrogens (tertiary/aromatic N) is 1. The second-order valence-electron chi connectivity index (χ2n) is 6.05. The van der Waals surface area contributed by atoms with E-state index >= 15 is 0 Å². The lowest BCUT2D eigenvalue weighted by Crippen LogP contribution is -2.15. The molecule has 0 saturated heterocycles. The number of nitrogens with two attached hydrogens (primary N) is 1. The van der Waals surface area contributed by atoms with Gasteiger partial charge in [0.25, 0.3) is 0 Å². The first kappa shape index (κ1) is 9.75. The highest BCUT2D eigenvalue weighted by Crippen LogP contribution is 2.66. The lowest BCUT2D eigenvalue weighted by atomic mass is 10.0. The summed E-state index contributed by atoms with van der Waals surface area (Å²) >= 11 is 0. The fraction of sp³-hybridized carbons (Fsp3) is 0.643. The van der Waals surface area contributed by atoms with Gasteiger partial charge in [-0.15, -0.1) is 0 Å². The summed E-state index contributed by atoms with van der Waals surface area (Å²) in [5.74, 6) is 4.75. The van der Waals surface area contributed by atoms with Crippen molar-refractivity contribution in [3.8, 4) is 0 Å². The lowest BCUT2D eigenvalue weighted by Gasteiger charge is -2.13. The van der Waals surface area contributed by atoms with E-state index in [1.807, 2.05) is 19.1 Å². The second-order valence-corrected chi connectivity index (χ2v) is 6.05. The zero-order valence-electron chi connectivity index (χ0n) is 10.2. The summed E-state index contributed by atoms with van der Waals surface area (Å²) < 4.78 is 0. The van der Waals surface area contributed by atoms with E-state index < -0.39 is 0 Å². The summed E-state index contributed by atoms with van der Waals surface area (Å²) in [4.78, 5) is 4.51. The van der Waals surface area contributed by atoms with Crippen molar-refractivity contribution in [3.05, 3.63) is 17.8 Å². The van der Waals surface area contributed by atoms with Crippen molar-refractivity contribution in [1.82, 2.24) is 4.98 Å². The number of nitrogens with one attached hydrogen (secondary N) is 1. The summed E-state index contributed by atoms with van der Waals surface area (Å²) in [5.41, 5.74) is 7.80. The quantitative estimate of drug-likeness (QED) is 0.819. The molecule has 3 fully saturated rings. The Morgan fingerprint density at radius 1 is 1.24 bits per heavy atom. The number of fused-ring (bicyclic) bond motifs is 5. The Hall–Kier alpha value is -1.25. The number of aryl methyl sites for hydroxylation is 1. The van der Waals surface area contributed by atoms with Crippen molar-refractivity contribution in [2.45, 2.75) is 32.2 Å². The number of hydrogen-bond acceptors (Lipinski definition) is 3. The minimum absolute atomic E-state index is 0.665. The molecule has 1 heterocycles. The Morgan fingerprint density at radius 2 is 1.94 bits per heavy atom. The van der Waals surface area contributed by atoms with Crippen LogP contribution < -0.4 is 11.1 Å². The van der Waals surface area contributed by atoms with Gasteiger partial charge in [-0.1, -0.05) is 0 Å². The topological polar surface area (TPSA) is 50.9 Å². The molecule has 0 aromatic carbocycles. The summed E-state index contributed by atoms with van der Waals surface area (Å²) in [7, 11) is 0.